The molecule has 72 valence electrons. The second kappa shape index (κ2) is 6.25. The molecule has 1 amide bonds. The molecule has 0 aliphatic carbocycles. The largest absolute Gasteiger partial charge is 0.449 e. The van der Waals surface area contributed by atoms with Crippen LogP contribution in [0.25, 0.3) is 0 Å². The van der Waals surface area contributed by atoms with Gasteiger partial charge in [-0.05, 0) is 6.42 Å². The number of carbonyl (C=O) groups excluding carboxylic acids is 1. The Balaban J connectivity index is 3.65. The minimum absolute atomic E-state index is 0.341. The van der Waals surface area contributed by atoms with Crippen LogP contribution in [-0.4, -0.2) is 28.3 Å². The van der Waals surface area contributed by atoms with Crippen LogP contribution >= 0.6 is 10.7 Å². The number of carbonyl (C=O) groups is 1. The van der Waals surface area contributed by atoms with E-state index in [0.29, 0.717) is 6.61 Å². The Labute approximate surface area is 78.9 Å². The van der Waals surface area contributed by atoms with Crippen molar-refractivity contribution in [3.63, 3.8) is 0 Å². The summed E-state index contributed by atoms with van der Waals surface area (Å²) in [5.41, 5.74) is 0. The molecule has 0 aromatic heterocycles. The molecular formula is C6H12ClNO3S. The van der Waals surface area contributed by atoms with Gasteiger partial charge in [-0.15, -0.1) is 0 Å². The van der Waals surface area contributed by atoms with Crippen molar-refractivity contribution in [2.24, 2.45) is 0 Å². The van der Waals surface area contributed by atoms with E-state index in [9.17, 15) is 9.00 Å². The summed E-state index contributed by atoms with van der Waals surface area (Å²) in [6, 6.07) is 0. The van der Waals surface area contributed by atoms with Crippen LogP contribution in [0.1, 0.15) is 19.8 Å². The standard InChI is InChI=1S/C6H12ClNO3S/c1-3-4-5-11-6(9)8(2)12(7)10/h3-5H2,1-2H3. The van der Waals surface area contributed by atoms with Crippen LogP contribution in [0.5, 0.6) is 0 Å². The van der Waals surface area contributed by atoms with Crippen LogP contribution in [0.3, 0.4) is 0 Å². The van der Waals surface area contributed by atoms with Gasteiger partial charge in [0.25, 0.3) is 0 Å². The fraction of sp³-hybridized carbons (Fsp3) is 0.833. The first-order chi connectivity index (χ1) is 5.59. The molecule has 1 unspecified atom stereocenters. The average molecular weight is 214 g/mol. The van der Waals surface area contributed by atoms with Crippen LogP contribution in [0.4, 0.5) is 4.79 Å². The van der Waals surface area contributed by atoms with E-state index in [2.05, 4.69) is 0 Å². The Morgan fingerprint density at radius 2 is 2.25 bits per heavy atom. The molecule has 0 heterocycles. The third kappa shape index (κ3) is 4.56. The van der Waals surface area contributed by atoms with Crippen LogP contribution in [-0.2, 0) is 14.9 Å². The first kappa shape index (κ1) is 11.7. The molecule has 0 N–H and O–H groups in total. The maximum Gasteiger partial charge on any atom is 0.422 e. The SMILES string of the molecule is CCCCOC(=O)N(C)S(=O)Cl. The molecule has 0 rings (SSSR count). The van der Waals surface area contributed by atoms with E-state index >= 15 is 0 Å². The fourth-order valence-corrected chi connectivity index (χ4v) is 0.792. The van der Waals surface area contributed by atoms with E-state index in [4.69, 9.17) is 15.4 Å². The highest BCUT2D eigenvalue weighted by atomic mass is 35.7. The van der Waals surface area contributed by atoms with Crippen LogP contribution in [0.15, 0.2) is 0 Å². The summed E-state index contributed by atoms with van der Waals surface area (Å²) in [5.74, 6) is 0. The lowest BCUT2D eigenvalue weighted by atomic mass is 10.4. The van der Waals surface area contributed by atoms with Crippen molar-refractivity contribution in [1.29, 1.82) is 0 Å². The van der Waals surface area contributed by atoms with Crippen molar-refractivity contribution >= 4 is 27.0 Å². The van der Waals surface area contributed by atoms with Crippen molar-refractivity contribution in [3.8, 4) is 0 Å². The highest BCUT2D eigenvalue weighted by Crippen LogP contribution is 2.00. The van der Waals surface area contributed by atoms with Crippen molar-refractivity contribution in [3.05, 3.63) is 0 Å². The molecule has 1 atom stereocenters. The van der Waals surface area contributed by atoms with E-state index < -0.39 is 16.3 Å². The molecule has 0 aliphatic heterocycles. The number of halogens is 1. The first-order valence-corrected chi connectivity index (χ1v) is 5.51. The summed E-state index contributed by atoms with van der Waals surface area (Å²) in [5, 5.41) is 0. The number of ether oxygens (including phenoxy) is 1. The van der Waals surface area contributed by atoms with Crippen molar-refractivity contribution in [2.75, 3.05) is 13.7 Å². The number of amides is 1. The normalized spacial score (nSPS) is 12.2. The first-order valence-electron chi connectivity index (χ1n) is 3.58. The third-order valence-electron chi connectivity index (χ3n) is 1.20. The van der Waals surface area contributed by atoms with Gasteiger partial charge >= 0.3 is 6.09 Å². The van der Waals surface area contributed by atoms with Gasteiger partial charge in [-0.3, -0.25) is 0 Å². The smallest absolute Gasteiger partial charge is 0.422 e. The van der Waals surface area contributed by atoms with E-state index in [1.807, 2.05) is 6.92 Å². The zero-order valence-corrected chi connectivity index (χ0v) is 8.65. The second-order valence-corrected chi connectivity index (χ2v) is 3.92. The molecule has 0 saturated carbocycles. The zero-order chi connectivity index (χ0) is 9.56. The van der Waals surface area contributed by atoms with Crippen molar-refractivity contribution in [1.82, 2.24) is 4.31 Å². The lowest BCUT2D eigenvalue weighted by Crippen LogP contribution is -2.26. The molecule has 0 saturated heterocycles. The molecule has 0 aromatic carbocycles. The van der Waals surface area contributed by atoms with Gasteiger partial charge in [0.05, 0.1) is 6.61 Å². The minimum atomic E-state index is -1.81. The highest BCUT2D eigenvalue weighted by molar-refractivity contribution is 8.06. The summed E-state index contributed by atoms with van der Waals surface area (Å²) >= 11 is 0. The Kier molecular flexibility index (Phi) is 6.10. The van der Waals surface area contributed by atoms with Gasteiger partial charge in [-0.25, -0.2) is 13.3 Å². The second-order valence-electron chi connectivity index (χ2n) is 2.17. The van der Waals surface area contributed by atoms with Gasteiger partial charge < -0.3 is 4.74 Å². The Morgan fingerprint density at radius 3 is 2.67 bits per heavy atom. The predicted octanol–water partition coefficient (Wildman–Crippen LogP) is 1.67. The van der Waals surface area contributed by atoms with E-state index in [-0.39, 0.29) is 0 Å². The van der Waals surface area contributed by atoms with Crippen LogP contribution in [0, 0.1) is 0 Å². The summed E-state index contributed by atoms with van der Waals surface area (Å²) in [7, 11) is 4.64. The van der Waals surface area contributed by atoms with E-state index in [0.717, 1.165) is 17.1 Å². The molecular weight excluding hydrogens is 202 g/mol. The van der Waals surface area contributed by atoms with Gasteiger partial charge in [0.15, 0.2) is 0 Å². The number of unbranched alkanes of at least 4 members (excludes halogenated alkanes) is 1. The Bertz CT molecular complexity index is 176. The zero-order valence-electron chi connectivity index (χ0n) is 7.08. The Hall–Kier alpha value is -0.290. The van der Waals surface area contributed by atoms with Gasteiger partial charge in [0.1, 0.15) is 0 Å². The summed E-state index contributed by atoms with van der Waals surface area (Å²) in [4.78, 5) is 10.9. The van der Waals surface area contributed by atoms with E-state index in [1.165, 1.54) is 7.05 Å². The number of rotatable bonds is 4. The van der Waals surface area contributed by atoms with Crippen LogP contribution in [0.2, 0.25) is 0 Å². The molecule has 12 heavy (non-hydrogen) atoms. The van der Waals surface area contributed by atoms with Gasteiger partial charge in [0, 0.05) is 17.7 Å². The fourth-order valence-electron chi connectivity index (χ4n) is 0.453. The molecule has 0 bridgehead atoms. The van der Waals surface area contributed by atoms with Crippen molar-refractivity contribution < 1.29 is 13.7 Å². The van der Waals surface area contributed by atoms with E-state index in [1.54, 1.807) is 0 Å². The highest BCUT2D eigenvalue weighted by Gasteiger charge is 2.13. The molecule has 0 aliphatic rings. The predicted molar refractivity (Wildman–Crippen MR) is 48.0 cm³/mol. The van der Waals surface area contributed by atoms with Crippen molar-refractivity contribution in [2.45, 2.75) is 19.8 Å². The van der Waals surface area contributed by atoms with Gasteiger partial charge in [-0.1, -0.05) is 13.3 Å². The monoisotopic (exact) mass is 213 g/mol. The Morgan fingerprint density at radius 1 is 1.67 bits per heavy atom. The molecule has 6 heteroatoms. The molecule has 0 fully saturated rings. The van der Waals surface area contributed by atoms with Gasteiger partial charge in [0.2, 0.25) is 10.2 Å². The minimum Gasteiger partial charge on any atom is -0.449 e. The average Bonchev–Trinajstić information content (AvgIpc) is 2.03. The maximum absolute atomic E-state index is 10.9. The lowest BCUT2D eigenvalue weighted by molar-refractivity contribution is 0.130. The summed E-state index contributed by atoms with van der Waals surface area (Å²) in [6.07, 6.45) is 1.09. The molecule has 0 aromatic rings. The number of hydrogen-bond donors (Lipinski definition) is 0. The third-order valence-corrected chi connectivity index (χ3v) is 2.40. The topological polar surface area (TPSA) is 46.6 Å². The van der Waals surface area contributed by atoms with Crippen LogP contribution < -0.4 is 0 Å². The number of hydrogen-bond acceptors (Lipinski definition) is 3. The summed E-state index contributed by atoms with van der Waals surface area (Å²) < 4.78 is 16.1. The maximum atomic E-state index is 10.9. The molecule has 0 spiro atoms. The lowest BCUT2D eigenvalue weighted by Gasteiger charge is -2.11. The molecule has 4 nitrogen and oxygen atoms in total. The van der Waals surface area contributed by atoms with Gasteiger partial charge in [-0.2, -0.15) is 0 Å². The quantitative estimate of drug-likeness (QED) is 0.527. The molecule has 0 radical (unpaired) electrons. The summed E-state index contributed by atoms with van der Waals surface area (Å²) in [6.45, 7) is 2.32. The number of nitrogens with zero attached hydrogens (tertiary/aromatic N) is 1.